The van der Waals surface area contributed by atoms with Crippen molar-refractivity contribution in [2.24, 2.45) is 0 Å². The van der Waals surface area contributed by atoms with Crippen LogP contribution in [0.2, 0.25) is 0 Å². The lowest BCUT2D eigenvalue weighted by Gasteiger charge is -2.30. The second-order valence-electron chi connectivity index (χ2n) is 8.36. The summed E-state index contributed by atoms with van der Waals surface area (Å²) in [4.78, 5) is 23.9. The van der Waals surface area contributed by atoms with Crippen LogP contribution in [0.1, 0.15) is 62.9 Å². The Morgan fingerprint density at radius 1 is 1.14 bits per heavy atom. The van der Waals surface area contributed by atoms with E-state index >= 15 is 0 Å². The van der Waals surface area contributed by atoms with Crippen molar-refractivity contribution in [1.82, 2.24) is 15.1 Å². The molecular formula is C21H29N3O5. The molecule has 1 amide bonds. The Kier molecular flexibility index (Phi) is 6.00. The molecule has 0 atom stereocenters. The number of carbonyl (C=O) groups excluding carboxylic acids is 2. The number of nitrogens with one attached hydrogen (secondary N) is 1. The van der Waals surface area contributed by atoms with E-state index in [-0.39, 0.29) is 18.2 Å². The minimum absolute atomic E-state index is 0.108. The van der Waals surface area contributed by atoms with Crippen molar-refractivity contribution in [3.05, 3.63) is 23.9 Å². The maximum absolute atomic E-state index is 12.0. The van der Waals surface area contributed by atoms with E-state index in [0.717, 1.165) is 36.6 Å². The van der Waals surface area contributed by atoms with Gasteiger partial charge >= 0.3 is 12.1 Å². The van der Waals surface area contributed by atoms with Gasteiger partial charge in [0, 0.05) is 23.7 Å². The molecule has 0 bridgehead atoms. The molecule has 3 rings (SSSR count). The van der Waals surface area contributed by atoms with E-state index in [4.69, 9.17) is 14.2 Å². The van der Waals surface area contributed by atoms with Crippen molar-refractivity contribution < 1.29 is 23.8 Å². The normalized spacial score (nSPS) is 19.6. The third kappa shape index (κ3) is 4.99. The first-order valence-electron chi connectivity index (χ1n) is 9.85. The number of methoxy groups -OCH3 is 2. The number of hydrogen-bond acceptors (Lipinski definition) is 6. The Balaban J connectivity index is 1.68. The smallest absolute Gasteiger partial charge is 0.407 e. The van der Waals surface area contributed by atoms with Gasteiger partial charge < -0.3 is 19.5 Å². The van der Waals surface area contributed by atoms with Crippen LogP contribution in [0.15, 0.2) is 18.3 Å². The number of ether oxygens (including phenoxy) is 3. The molecule has 158 valence electrons. The molecule has 1 aromatic heterocycles. The number of alkyl carbamates (subject to hydrolysis) is 1. The molecule has 1 heterocycles. The standard InChI is InChI=1S/C21H29N3O5/c1-21(2,3)29-20(26)22-14-6-8-15(9-7-14)24-12-13-10-16(19(25)28-5)18(27-4)11-17(13)23-24/h10-12,14-15H,6-9H2,1-5H3,(H,22,26). The summed E-state index contributed by atoms with van der Waals surface area (Å²) in [5.41, 5.74) is 0.649. The van der Waals surface area contributed by atoms with Gasteiger partial charge in [0.05, 0.1) is 25.8 Å². The molecule has 0 radical (unpaired) electrons. The first kappa shape index (κ1) is 21.0. The van der Waals surface area contributed by atoms with Crippen molar-refractivity contribution in [2.45, 2.75) is 64.1 Å². The molecule has 0 unspecified atom stereocenters. The average Bonchev–Trinajstić information content (AvgIpc) is 3.08. The number of benzene rings is 1. The maximum atomic E-state index is 12.0. The van der Waals surface area contributed by atoms with Crippen LogP contribution >= 0.6 is 0 Å². The number of carbonyl (C=O) groups is 2. The largest absolute Gasteiger partial charge is 0.496 e. The van der Waals surface area contributed by atoms with Crippen LogP contribution in [0.4, 0.5) is 4.79 Å². The molecule has 0 aliphatic heterocycles. The zero-order valence-electron chi connectivity index (χ0n) is 17.7. The van der Waals surface area contributed by atoms with Gasteiger partial charge in [-0.05, 0) is 52.5 Å². The SMILES string of the molecule is COC(=O)c1cc2cn(C3CCC(NC(=O)OC(C)(C)C)CC3)nc2cc1OC. The summed E-state index contributed by atoms with van der Waals surface area (Å²) in [5, 5.41) is 8.50. The van der Waals surface area contributed by atoms with Crippen LogP contribution in [-0.2, 0) is 9.47 Å². The molecule has 1 saturated carbocycles. The van der Waals surface area contributed by atoms with E-state index in [2.05, 4.69) is 10.4 Å². The zero-order valence-corrected chi connectivity index (χ0v) is 17.7. The molecule has 8 heteroatoms. The molecule has 1 aromatic carbocycles. The fourth-order valence-corrected chi connectivity index (χ4v) is 3.66. The molecule has 1 N–H and O–H groups in total. The number of hydrogen-bond donors (Lipinski definition) is 1. The lowest BCUT2D eigenvalue weighted by atomic mass is 9.91. The molecule has 1 fully saturated rings. The third-order valence-electron chi connectivity index (χ3n) is 5.04. The summed E-state index contributed by atoms with van der Waals surface area (Å²) in [6, 6.07) is 3.86. The van der Waals surface area contributed by atoms with Crippen molar-refractivity contribution in [3.8, 4) is 5.75 Å². The average molecular weight is 403 g/mol. The van der Waals surface area contributed by atoms with Crippen molar-refractivity contribution >= 4 is 23.0 Å². The number of aromatic nitrogens is 2. The van der Waals surface area contributed by atoms with Crippen LogP contribution in [0.5, 0.6) is 5.75 Å². The molecule has 1 aliphatic carbocycles. The molecule has 1 aliphatic rings. The number of fused-ring (bicyclic) bond motifs is 1. The molecule has 29 heavy (non-hydrogen) atoms. The zero-order chi connectivity index (χ0) is 21.2. The van der Waals surface area contributed by atoms with Crippen LogP contribution in [0, 0.1) is 0 Å². The summed E-state index contributed by atoms with van der Waals surface area (Å²) >= 11 is 0. The van der Waals surface area contributed by atoms with Crippen LogP contribution < -0.4 is 10.1 Å². The van der Waals surface area contributed by atoms with Gasteiger partial charge in [0.25, 0.3) is 0 Å². The van der Waals surface area contributed by atoms with Crippen molar-refractivity contribution in [2.75, 3.05) is 14.2 Å². The summed E-state index contributed by atoms with van der Waals surface area (Å²) in [6.07, 6.45) is 5.10. The Hall–Kier alpha value is -2.77. The van der Waals surface area contributed by atoms with Gasteiger partial charge in [-0.15, -0.1) is 0 Å². The maximum Gasteiger partial charge on any atom is 0.407 e. The monoisotopic (exact) mass is 403 g/mol. The highest BCUT2D eigenvalue weighted by Crippen LogP contribution is 2.31. The van der Waals surface area contributed by atoms with Gasteiger partial charge in [-0.3, -0.25) is 4.68 Å². The predicted octanol–water partition coefficient (Wildman–Crippen LogP) is 3.84. The Labute approximate surface area is 170 Å². The van der Waals surface area contributed by atoms with Crippen LogP contribution in [0.25, 0.3) is 10.9 Å². The molecule has 0 saturated heterocycles. The highest BCUT2D eigenvalue weighted by molar-refractivity contribution is 5.97. The van der Waals surface area contributed by atoms with E-state index in [1.54, 1.807) is 12.1 Å². The first-order valence-corrected chi connectivity index (χ1v) is 9.85. The molecule has 8 nitrogen and oxygen atoms in total. The topological polar surface area (TPSA) is 91.7 Å². The van der Waals surface area contributed by atoms with E-state index in [0.29, 0.717) is 11.3 Å². The number of esters is 1. The lowest BCUT2D eigenvalue weighted by Crippen LogP contribution is -2.41. The third-order valence-corrected chi connectivity index (χ3v) is 5.04. The molecular weight excluding hydrogens is 374 g/mol. The highest BCUT2D eigenvalue weighted by Gasteiger charge is 2.26. The second kappa shape index (κ2) is 8.31. The number of nitrogens with zero attached hydrogens (tertiary/aromatic N) is 2. The molecule has 0 spiro atoms. The summed E-state index contributed by atoms with van der Waals surface area (Å²) < 4.78 is 17.4. The van der Waals surface area contributed by atoms with Gasteiger partial charge in [-0.2, -0.15) is 5.10 Å². The minimum Gasteiger partial charge on any atom is -0.496 e. The van der Waals surface area contributed by atoms with Crippen LogP contribution in [0.3, 0.4) is 0 Å². The van der Waals surface area contributed by atoms with E-state index in [1.807, 2.05) is 31.6 Å². The summed E-state index contributed by atoms with van der Waals surface area (Å²) in [7, 11) is 2.86. The Bertz CT molecular complexity index is 892. The minimum atomic E-state index is -0.499. The van der Waals surface area contributed by atoms with Gasteiger partial charge in [0.1, 0.15) is 16.9 Å². The van der Waals surface area contributed by atoms with Crippen LogP contribution in [-0.4, -0.2) is 47.7 Å². The fraction of sp³-hybridized carbons (Fsp3) is 0.571. The van der Waals surface area contributed by atoms with Crippen molar-refractivity contribution in [3.63, 3.8) is 0 Å². The number of amides is 1. The van der Waals surface area contributed by atoms with Gasteiger partial charge in [0.2, 0.25) is 0 Å². The fourth-order valence-electron chi connectivity index (χ4n) is 3.66. The second-order valence-corrected chi connectivity index (χ2v) is 8.36. The number of rotatable bonds is 4. The van der Waals surface area contributed by atoms with Gasteiger partial charge in [-0.1, -0.05) is 0 Å². The quantitative estimate of drug-likeness (QED) is 0.780. The summed E-state index contributed by atoms with van der Waals surface area (Å²) in [5.74, 6) is 0.00472. The van der Waals surface area contributed by atoms with Gasteiger partial charge in [-0.25, -0.2) is 9.59 Å². The van der Waals surface area contributed by atoms with Crippen molar-refractivity contribution in [1.29, 1.82) is 0 Å². The summed E-state index contributed by atoms with van der Waals surface area (Å²) in [6.45, 7) is 5.56. The van der Waals surface area contributed by atoms with E-state index in [9.17, 15) is 9.59 Å². The Morgan fingerprint density at radius 3 is 2.41 bits per heavy atom. The predicted molar refractivity (Wildman–Crippen MR) is 108 cm³/mol. The highest BCUT2D eigenvalue weighted by atomic mass is 16.6. The van der Waals surface area contributed by atoms with Gasteiger partial charge in [0.15, 0.2) is 0 Å². The molecule has 2 aromatic rings. The van der Waals surface area contributed by atoms with E-state index < -0.39 is 11.6 Å². The lowest BCUT2D eigenvalue weighted by molar-refractivity contribution is 0.0486. The Morgan fingerprint density at radius 2 is 1.83 bits per heavy atom. The van der Waals surface area contributed by atoms with E-state index in [1.165, 1.54) is 14.2 Å². The first-order chi connectivity index (χ1) is 13.7.